The molecule has 0 spiro atoms. The third-order valence-corrected chi connectivity index (χ3v) is 4.37. The monoisotopic (exact) mass is 411 g/mol. The molecule has 5 nitrogen and oxygen atoms in total. The van der Waals surface area contributed by atoms with Crippen LogP contribution in [0.1, 0.15) is 15.9 Å². The first kappa shape index (κ1) is 20.4. The number of halogens is 2. The minimum Gasteiger partial charge on any atom is -0.376 e. The Morgan fingerprint density at radius 2 is 1.55 bits per heavy atom. The lowest BCUT2D eigenvalue weighted by atomic mass is 10.1. The number of amides is 2. The molecule has 7 heteroatoms. The van der Waals surface area contributed by atoms with Gasteiger partial charge in [0.1, 0.15) is 5.82 Å². The first-order chi connectivity index (χ1) is 13.9. The van der Waals surface area contributed by atoms with E-state index in [4.69, 9.17) is 11.6 Å². The number of rotatable bonds is 6. The average molecular weight is 412 g/mol. The van der Waals surface area contributed by atoms with Gasteiger partial charge in [0, 0.05) is 22.6 Å². The topological polar surface area (TPSA) is 70.2 Å². The molecule has 3 rings (SSSR count). The summed E-state index contributed by atoms with van der Waals surface area (Å²) in [6.45, 7) is 1.92. The number of hydrogen-bond acceptors (Lipinski definition) is 3. The summed E-state index contributed by atoms with van der Waals surface area (Å²) in [6.07, 6.45) is 0. The highest BCUT2D eigenvalue weighted by Crippen LogP contribution is 2.19. The Hall–Kier alpha value is -3.38. The van der Waals surface area contributed by atoms with Crippen LogP contribution in [0, 0.1) is 12.7 Å². The van der Waals surface area contributed by atoms with Crippen molar-refractivity contribution in [3.05, 3.63) is 88.7 Å². The fraction of sp³-hybridized carbons (Fsp3) is 0.0909. The molecule has 0 saturated heterocycles. The van der Waals surface area contributed by atoms with Gasteiger partial charge in [0.2, 0.25) is 5.91 Å². The SMILES string of the molecule is Cc1cccc(C(=O)Nc2ccc(NC(=O)CNc3ccc(F)c(Cl)c3)cc2)c1. The van der Waals surface area contributed by atoms with E-state index in [1.165, 1.54) is 18.2 Å². The second-order valence-corrected chi connectivity index (χ2v) is 6.84. The molecule has 0 atom stereocenters. The molecule has 0 bridgehead atoms. The first-order valence-corrected chi connectivity index (χ1v) is 9.25. The predicted octanol–water partition coefficient (Wildman–Crippen LogP) is 5.09. The van der Waals surface area contributed by atoms with Crippen LogP contribution in [0.15, 0.2) is 66.7 Å². The molecule has 0 heterocycles. The van der Waals surface area contributed by atoms with E-state index in [0.29, 0.717) is 22.6 Å². The van der Waals surface area contributed by atoms with Crippen molar-refractivity contribution in [2.75, 3.05) is 22.5 Å². The van der Waals surface area contributed by atoms with E-state index >= 15 is 0 Å². The van der Waals surface area contributed by atoms with Gasteiger partial charge < -0.3 is 16.0 Å². The number of carbonyl (C=O) groups is 2. The largest absolute Gasteiger partial charge is 0.376 e. The first-order valence-electron chi connectivity index (χ1n) is 8.87. The summed E-state index contributed by atoms with van der Waals surface area (Å²) in [4.78, 5) is 24.3. The number of benzene rings is 3. The molecule has 3 aromatic carbocycles. The van der Waals surface area contributed by atoms with Crippen LogP contribution < -0.4 is 16.0 Å². The molecule has 0 aliphatic heterocycles. The van der Waals surface area contributed by atoms with Gasteiger partial charge in [-0.1, -0.05) is 29.3 Å². The Balaban J connectivity index is 1.52. The Morgan fingerprint density at radius 3 is 2.21 bits per heavy atom. The van der Waals surface area contributed by atoms with Crippen LogP contribution >= 0.6 is 11.6 Å². The Morgan fingerprint density at radius 1 is 0.897 bits per heavy atom. The summed E-state index contributed by atoms with van der Waals surface area (Å²) >= 11 is 5.71. The molecule has 0 saturated carbocycles. The summed E-state index contributed by atoms with van der Waals surface area (Å²) in [5, 5.41) is 8.41. The van der Waals surface area contributed by atoms with Crippen molar-refractivity contribution in [2.45, 2.75) is 6.92 Å². The molecular formula is C22H19ClFN3O2. The molecule has 29 heavy (non-hydrogen) atoms. The summed E-state index contributed by atoms with van der Waals surface area (Å²) < 4.78 is 13.1. The van der Waals surface area contributed by atoms with Gasteiger partial charge in [-0.05, 0) is 61.5 Å². The molecule has 0 unspecified atom stereocenters. The third kappa shape index (κ3) is 5.80. The molecule has 3 N–H and O–H groups in total. The molecule has 3 aromatic rings. The van der Waals surface area contributed by atoms with Crippen LogP contribution in [0.2, 0.25) is 5.02 Å². The number of hydrogen-bond donors (Lipinski definition) is 3. The zero-order valence-electron chi connectivity index (χ0n) is 15.6. The maximum Gasteiger partial charge on any atom is 0.255 e. The molecule has 0 radical (unpaired) electrons. The van der Waals surface area contributed by atoms with Gasteiger partial charge in [-0.3, -0.25) is 9.59 Å². The fourth-order valence-corrected chi connectivity index (χ4v) is 2.80. The van der Waals surface area contributed by atoms with E-state index in [0.717, 1.165) is 5.56 Å². The van der Waals surface area contributed by atoms with Crippen LogP contribution in [-0.4, -0.2) is 18.4 Å². The van der Waals surface area contributed by atoms with Crippen LogP contribution in [0.4, 0.5) is 21.5 Å². The van der Waals surface area contributed by atoms with Gasteiger partial charge in [0.15, 0.2) is 0 Å². The lowest BCUT2D eigenvalue weighted by Gasteiger charge is -2.10. The highest BCUT2D eigenvalue weighted by atomic mass is 35.5. The van der Waals surface area contributed by atoms with Crippen LogP contribution in [0.3, 0.4) is 0 Å². The lowest BCUT2D eigenvalue weighted by molar-refractivity contribution is -0.114. The minimum absolute atomic E-state index is 0.00614. The van der Waals surface area contributed by atoms with Crippen LogP contribution in [0.5, 0.6) is 0 Å². The van der Waals surface area contributed by atoms with Crippen LogP contribution in [-0.2, 0) is 4.79 Å². The van der Waals surface area contributed by atoms with Gasteiger partial charge >= 0.3 is 0 Å². The average Bonchev–Trinajstić information content (AvgIpc) is 2.70. The Bertz CT molecular complexity index is 1040. The van der Waals surface area contributed by atoms with Crippen molar-refractivity contribution in [3.8, 4) is 0 Å². The number of aryl methyl sites for hydroxylation is 1. The van der Waals surface area contributed by atoms with Gasteiger partial charge in [0.25, 0.3) is 5.91 Å². The van der Waals surface area contributed by atoms with Crippen molar-refractivity contribution in [2.24, 2.45) is 0 Å². The van der Waals surface area contributed by atoms with Crippen molar-refractivity contribution >= 4 is 40.5 Å². The van der Waals surface area contributed by atoms with Gasteiger partial charge in [-0.25, -0.2) is 4.39 Å². The van der Waals surface area contributed by atoms with E-state index in [1.807, 2.05) is 25.1 Å². The number of nitrogens with one attached hydrogen (secondary N) is 3. The van der Waals surface area contributed by atoms with Gasteiger partial charge in [-0.2, -0.15) is 0 Å². The van der Waals surface area contributed by atoms with E-state index in [9.17, 15) is 14.0 Å². The minimum atomic E-state index is -0.517. The van der Waals surface area contributed by atoms with Gasteiger partial charge in [-0.15, -0.1) is 0 Å². The van der Waals surface area contributed by atoms with Gasteiger partial charge in [0.05, 0.1) is 11.6 Å². The van der Waals surface area contributed by atoms with Crippen molar-refractivity contribution < 1.29 is 14.0 Å². The Labute approximate surface area is 172 Å². The quantitative estimate of drug-likeness (QED) is 0.529. The van der Waals surface area contributed by atoms with Crippen molar-refractivity contribution in [1.82, 2.24) is 0 Å². The molecular weight excluding hydrogens is 393 g/mol. The Kier molecular flexibility index (Phi) is 6.46. The smallest absolute Gasteiger partial charge is 0.255 e. The van der Waals surface area contributed by atoms with Crippen LogP contribution in [0.25, 0.3) is 0 Å². The lowest BCUT2D eigenvalue weighted by Crippen LogP contribution is -2.21. The molecule has 148 valence electrons. The maximum absolute atomic E-state index is 13.1. The standard InChI is InChI=1S/C22H19ClFN3O2/c1-14-3-2-4-15(11-14)22(29)27-17-7-5-16(6-8-17)26-21(28)13-25-18-9-10-20(24)19(23)12-18/h2-12,25H,13H2,1H3,(H,26,28)(H,27,29). The van der Waals surface area contributed by atoms with E-state index in [-0.39, 0.29) is 23.4 Å². The molecule has 0 fully saturated rings. The van der Waals surface area contributed by atoms with E-state index in [1.54, 1.807) is 30.3 Å². The highest BCUT2D eigenvalue weighted by Gasteiger charge is 2.07. The molecule has 0 aliphatic carbocycles. The third-order valence-electron chi connectivity index (χ3n) is 4.08. The second-order valence-electron chi connectivity index (χ2n) is 6.43. The summed E-state index contributed by atoms with van der Waals surface area (Å²) in [5.74, 6) is -0.995. The zero-order valence-corrected chi connectivity index (χ0v) is 16.4. The molecule has 2 amide bonds. The zero-order chi connectivity index (χ0) is 20.8. The maximum atomic E-state index is 13.1. The fourth-order valence-electron chi connectivity index (χ4n) is 2.62. The summed E-state index contributed by atoms with van der Waals surface area (Å²) in [6, 6.07) is 18.3. The van der Waals surface area contributed by atoms with E-state index in [2.05, 4.69) is 16.0 Å². The normalized spacial score (nSPS) is 10.3. The van der Waals surface area contributed by atoms with Crippen molar-refractivity contribution in [3.63, 3.8) is 0 Å². The molecule has 0 aromatic heterocycles. The van der Waals surface area contributed by atoms with Crippen molar-refractivity contribution in [1.29, 1.82) is 0 Å². The highest BCUT2D eigenvalue weighted by molar-refractivity contribution is 6.31. The number of carbonyl (C=O) groups excluding carboxylic acids is 2. The second kappa shape index (κ2) is 9.21. The predicted molar refractivity (Wildman–Crippen MR) is 114 cm³/mol. The van der Waals surface area contributed by atoms with E-state index < -0.39 is 5.82 Å². The molecule has 0 aliphatic rings. The number of anilines is 3. The summed E-state index contributed by atoms with van der Waals surface area (Å²) in [7, 11) is 0. The summed E-state index contributed by atoms with van der Waals surface area (Å²) in [5.41, 5.74) is 3.33.